The maximum Gasteiger partial charge on any atom is 0.418 e. The van der Waals surface area contributed by atoms with Crippen LogP contribution in [0.3, 0.4) is 0 Å². The molecule has 2 amide bonds. The van der Waals surface area contributed by atoms with E-state index in [0.29, 0.717) is 34.9 Å². The van der Waals surface area contributed by atoms with Gasteiger partial charge in [-0.15, -0.1) is 11.3 Å². The van der Waals surface area contributed by atoms with Crippen molar-refractivity contribution in [1.82, 2.24) is 9.47 Å². The number of amides is 2. The summed E-state index contributed by atoms with van der Waals surface area (Å²) in [7, 11) is 0. The average molecular weight is 637 g/mol. The summed E-state index contributed by atoms with van der Waals surface area (Å²) in [6, 6.07) is 19.2. The molecule has 0 spiro atoms. The van der Waals surface area contributed by atoms with E-state index in [4.69, 9.17) is 11.6 Å². The molecule has 2 heterocycles. The Bertz CT molecular complexity index is 1950. The predicted octanol–water partition coefficient (Wildman–Crippen LogP) is 5.34. The molecule has 0 saturated carbocycles. The van der Waals surface area contributed by atoms with E-state index in [0.717, 1.165) is 47.3 Å². The quantitative estimate of drug-likeness (QED) is 0.320. The van der Waals surface area contributed by atoms with Crippen molar-refractivity contribution in [3.8, 4) is 11.8 Å². The van der Waals surface area contributed by atoms with Crippen molar-refractivity contribution in [3.63, 3.8) is 0 Å². The molecule has 1 aliphatic rings. The fourth-order valence-corrected chi connectivity index (χ4v) is 6.10. The van der Waals surface area contributed by atoms with Crippen LogP contribution in [0.2, 0.25) is 5.02 Å². The number of benzene rings is 3. The van der Waals surface area contributed by atoms with Gasteiger partial charge in [0.25, 0.3) is 17.4 Å². The number of halogens is 4. The van der Waals surface area contributed by atoms with E-state index in [9.17, 15) is 32.8 Å². The second kappa shape index (κ2) is 12.9. The molecule has 0 aliphatic carbocycles. The number of alkyl halides is 3. The highest BCUT2D eigenvalue weighted by atomic mass is 35.5. The summed E-state index contributed by atoms with van der Waals surface area (Å²) in [5, 5.41) is 13.3. The van der Waals surface area contributed by atoms with Crippen LogP contribution in [-0.4, -0.2) is 34.4 Å². The van der Waals surface area contributed by atoms with Gasteiger partial charge in [0, 0.05) is 29.4 Å². The van der Waals surface area contributed by atoms with Gasteiger partial charge in [0.2, 0.25) is 0 Å². The number of nitrogens with one attached hydrogen (secondary N) is 1. The molecular weight excluding hydrogens is 613 g/mol. The first kappa shape index (κ1) is 30.8. The van der Waals surface area contributed by atoms with Crippen molar-refractivity contribution in [2.45, 2.75) is 25.4 Å². The standard InChI is InChI=1S/C32H24ClF3N4O3S/c33-22-13-11-21(12-14-22)28(41)38-23-8-6-7-20(17-23)18-27-30(43)40(26-10-3-2-9-25(26)32(34,35)36)31(44-27)24(19-37)29(42)39-15-4-1-5-16-39/h2-3,6-14,17-18H,1,4-5,15-16H2,(H,38,41)/b27-18-,31-24-. The summed E-state index contributed by atoms with van der Waals surface area (Å²) in [5.41, 5.74) is -1.56. The van der Waals surface area contributed by atoms with Gasteiger partial charge in [-0.05, 0) is 79.4 Å². The van der Waals surface area contributed by atoms with Crippen LogP contribution in [0.25, 0.3) is 17.3 Å². The minimum atomic E-state index is -4.81. The van der Waals surface area contributed by atoms with Gasteiger partial charge < -0.3 is 10.2 Å². The number of aromatic nitrogens is 1. The minimum absolute atomic E-state index is 0.00245. The smallest absolute Gasteiger partial charge is 0.338 e. The van der Waals surface area contributed by atoms with Crippen molar-refractivity contribution in [2.24, 2.45) is 0 Å². The Hall–Kier alpha value is -4.66. The molecule has 1 fully saturated rings. The second-order valence-electron chi connectivity index (χ2n) is 10.00. The van der Waals surface area contributed by atoms with E-state index in [2.05, 4.69) is 5.32 Å². The molecule has 224 valence electrons. The van der Waals surface area contributed by atoms with Crippen LogP contribution in [0, 0.1) is 11.3 Å². The maximum absolute atomic E-state index is 14.1. The number of thiazole rings is 1. The van der Waals surface area contributed by atoms with E-state index in [1.807, 2.05) is 6.07 Å². The number of carbonyl (C=O) groups excluding carboxylic acids is 2. The molecular formula is C32H24ClF3N4O3S. The van der Waals surface area contributed by atoms with Gasteiger partial charge in [0.1, 0.15) is 10.7 Å². The number of rotatable bonds is 5. The first-order chi connectivity index (χ1) is 21.1. The van der Waals surface area contributed by atoms with E-state index in [-0.39, 0.29) is 9.20 Å². The average Bonchev–Trinajstić information content (AvgIpc) is 3.32. The summed E-state index contributed by atoms with van der Waals surface area (Å²) in [4.78, 5) is 41.4. The van der Waals surface area contributed by atoms with E-state index in [1.54, 1.807) is 48.5 Å². The fourth-order valence-electron chi connectivity index (χ4n) is 4.88. The Balaban J connectivity index is 1.66. The molecule has 0 bridgehead atoms. The molecule has 12 heteroatoms. The highest BCUT2D eigenvalue weighted by molar-refractivity contribution is 7.07. The van der Waals surface area contributed by atoms with Gasteiger partial charge in [-0.1, -0.05) is 35.9 Å². The molecule has 7 nitrogen and oxygen atoms in total. The molecule has 0 radical (unpaired) electrons. The van der Waals surface area contributed by atoms with Gasteiger partial charge in [-0.2, -0.15) is 18.4 Å². The Morgan fingerprint density at radius 3 is 2.36 bits per heavy atom. The third kappa shape index (κ3) is 6.61. The lowest BCUT2D eigenvalue weighted by atomic mass is 10.1. The molecule has 1 aromatic heterocycles. The van der Waals surface area contributed by atoms with Crippen molar-refractivity contribution in [1.29, 1.82) is 5.26 Å². The Morgan fingerprint density at radius 2 is 1.68 bits per heavy atom. The Kier molecular flexibility index (Phi) is 9.04. The molecule has 44 heavy (non-hydrogen) atoms. The largest absolute Gasteiger partial charge is 0.418 e. The number of anilines is 1. The van der Waals surface area contributed by atoms with Crippen LogP contribution in [0.15, 0.2) is 77.6 Å². The Labute approximate surface area is 258 Å². The number of likely N-dealkylation sites (tertiary alicyclic amines) is 1. The van der Waals surface area contributed by atoms with Gasteiger partial charge >= 0.3 is 6.18 Å². The number of piperidine rings is 1. The monoisotopic (exact) mass is 636 g/mol. The summed E-state index contributed by atoms with van der Waals surface area (Å²) >= 11 is 6.66. The molecule has 1 N–H and O–H groups in total. The van der Waals surface area contributed by atoms with Crippen LogP contribution in [0.1, 0.15) is 40.7 Å². The lowest BCUT2D eigenvalue weighted by Crippen LogP contribution is -2.39. The first-order valence-electron chi connectivity index (χ1n) is 13.6. The summed E-state index contributed by atoms with van der Waals surface area (Å²) in [6.07, 6.45) is -0.960. The molecule has 3 aromatic carbocycles. The van der Waals surface area contributed by atoms with Crippen molar-refractivity contribution < 1.29 is 22.8 Å². The van der Waals surface area contributed by atoms with Gasteiger partial charge in [0.15, 0.2) is 5.57 Å². The minimum Gasteiger partial charge on any atom is -0.338 e. The molecule has 1 aliphatic heterocycles. The molecule has 0 atom stereocenters. The van der Waals surface area contributed by atoms with Crippen molar-refractivity contribution in [2.75, 3.05) is 18.4 Å². The number of carbonyl (C=O) groups is 2. The predicted molar refractivity (Wildman–Crippen MR) is 163 cm³/mol. The third-order valence-corrected chi connectivity index (χ3v) is 8.35. The SMILES string of the molecule is N#C/C(C(=O)N1CCCCC1)=c1/s/c(=C\c2cccc(NC(=O)c3ccc(Cl)cc3)c2)c(=O)n1-c1ccccc1C(F)(F)F. The van der Waals surface area contributed by atoms with Gasteiger partial charge in [0.05, 0.1) is 15.8 Å². The fraction of sp³-hybridized carbons (Fsp3) is 0.188. The van der Waals surface area contributed by atoms with Crippen LogP contribution in [-0.2, 0) is 11.0 Å². The molecule has 0 unspecified atom stereocenters. The van der Waals surface area contributed by atoms with Crippen LogP contribution < -0.4 is 20.1 Å². The summed E-state index contributed by atoms with van der Waals surface area (Å²) in [6.45, 7) is 0.818. The van der Waals surface area contributed by atoms with Crippen molar-refractivity contribution >= 4 is 52.1 Å². The van der Waals surface area contributed by atoms with E-state index < -0.39 is 40.4 Å². The Morgan fingerprint density at radius 1 is 0.977 bits per heavy atom. The zero-order valence-electron chi connectivity index (χ0n) is 23.0. The number of hydrogen-bond donors (Lipinski definition) is 1. The van der Waals surface area contributed by atoms with E-state index >= 15 is 0 Å². The summed E-state index contributed by atoms with van der Waals surface area (Å²) in [5.74, 6) is -1.03. The van der Waals surface area contributed by atoms with Crippen LogP contribution in [0.4, 0.5) is 18.9 Å². The lowest BCUT2D eigenvalue weighted by Gasteiger charge is -2.26. The van der Waals surface area contributed by atoms with E-state index in [1.165, 1.54) is 23.1 Å². The highest BCUT2D eigenvalue weighted by Crippen LogP contribution is 2.33. The molecule has 1 saturated heterocycles. The number of nitriles is 1. The number of para-hydroxylation sites is 1. The first-order valence-corrected chi connectivity index (χ1v) is 14.8. The second-order valence-corrected chi connectivity index (χ2v) is 11.5. The molecule has 4 aromatic rings. The topological polar surface area (TPSA) is 95.2 Å². The maximum atomic E-state index is 14.1. The number of nitrogens with zero attached hydrogens (tertiary/aromatic N) is 3. The zero-order chi connectivity index (χ0) is 31.4. The van der Waals surface area contributed by atoms with Crippen molar-refractivity contribution in [3.05, 3.63) is 114 Å². The molecule has 5 rings (SSSR count). The highest BCUT2D eigenvalue weighted by Gasteiger charge is 2.35. The normalized spacial score (nSPS) is 14.6. The summed E-state index contributed by atoms with van der Waals surface area (Å²) < 4.78 is 42.8. The third-order valence-electron chi connectivity index (χ3n) is 7.01. The van der Waals surface area contributed by atoms with Crippen LogP contribution in [0.5, 0.6) is 0 Å². The van der Waals surface area contributed by atoms with Crippen LogP contribution >= 0.6 is 22.9 Å². The number of hydrogen-bond acceptors (Lipinski definition) is 5. The zero-order valence-corrected chi connectivity index (χ0v) is 24.6. The van der Waals surface area contributed by atoms with Gasteiger partial charge in [-0.3, -0.25) is 19.0 Å². The van der Waals surface area contributed by atoms with Gasteiger partial charge in [-0.25, -0.2) is 0 Å². The lowest BCUT2D eigenvalue weighted by molar-refractivity contribution is -0.137.